The van der Waals surface area contributed by atoms with E-state index in [0.29, 0.717) is 17.2 Å². The summed E-state index contributed by atoms with van der Waals surface area (Å²) in [4.78, 5) is 9.03. The third-order valence-corrected chi connectivity index (χ3v) is 7.19. The lowest BCUT2D eigenvalue weighted by molar-refractivity contribution is 0.310. The number of aromatic nitrogens is 2. The number of hydrogen-bond donors (Lipinski definition) is 0. The van der Waals surface area contributed by atoms with E-state index in [2.05, 4.69) is 22.1 Å². The number of nitrogens with zero attached hydrogens (tertiary/aromatic N) is 2. The van der Waals surface area contributed by atoms with Crippen LogP contribution in [0.2, 0.25) is 0 Å². The molecule has 0 bridgehead atoms. The molecule has 0 atom stereocenters. The van der Waals surface area contributed by atoms with Gasteiger partial charge in [0, 0.05) is 23.2 Å². The highest BCUT2D eigenvalue weighted by Crippen LogP contribution is 2.28. The maximum absolute atomic E-state index is 6.40. The van der Waals surface area contributed by atoms with Crippen molar-refractivity contribution in [3.8, 4) is 28.4 Å². The number of para-hydroxylation sites is 2. The van der Waals surface area contributed by atoms with Crippen LogP contribution in [0.1, 0.15) is 0 Å². The van der Waals surface area contributed by atoms with Crippen LogP contribution in [-0.4, -0.2) is 25.1 Å². The van der Waals surface area contributed by atoms with Crippen molar-refractivity contribution in [3.05, 3.63) is 128 Å². The van der Waals surface area contributed by atoms with Crippen LogP contribution < -0.4 is 11.4 Å². The van der Waals surface area contributed by atoms with E-state index in [9.17, 15) is 0 Å². The SMILES string of the molecule is c1ccc(-c2ccc([O][Al]([O]c3cccc4cccnc34)[O]c3cccc4cccnc34)cc2)cc1. The van der Waals surface area contributed by atoms with E-state index < -0.39 is 15.1 Å². The molecule has 6 rings (SSSR count). The summed E-state index contributed by atoms with van der Waals surface area (Å²) in [5.41, 5.74) is 3.79. The molecule has 2 heterocycles. The topological polar surface area (TPSA) is 53.5 Å². The third kappa shape index (κ3) is 4.73. The molecule has 6 heteroatoms. The molecule has 0 saturated heterocycles. The zero-order valence-electron chi connectivity index (χ0n) is 19.3. The minimum Gasteiger partial charge on any atom is -0.577 e. The third-order valence-electron chi connectivity index (χ3n) is 5.83. The van der Waals surface area contributed by atoms with E-state index in [1.54, 1.807) is 12.4 Å². The van der Waals surface area contributed by atoms with Crippen molar-refractivity contribution in [2.45, 2.75) is 0 Å². The van der Waals surface area contributed by atoms with Crippen LogP contribution in [0, 0.1) is 0 Å². The molecular weight excluding hydrogens is 463 g/mol. The van der Waals surface area contributed by atoms with Gasteiger partial charge in [0.2, 0.25) is 0 Å². The molecule has 0 amide bonds. The fourth-order valence-corrected chi connectivity index (χ4v) is 5.41. The quantitative estimate of drug-likeness (QED) is 0.229. The van der Waals surface area contributed by atoms with E-state index in [-0.39, 0.29) is 0 Å². The summed E-state index contributed by atoms with van der Waals surface area (Å²) in [6, 6.07) is 37.7. The zero-order valence-corrected chi connectivity index (χ0v) is 20.5. The minimum atomic E-state index is -2.80. The van der Waals surface area contributed by atoms with Crippen molar-refractivity contribution in [3.63, 3.8) is 0 Å². The summed E-state index contributed by atoms with van der Waals surface area (Å²) in [6.45, 7) is 0. The molecule has 36 heavy (non-hydrogen) atoms. The Hall–Kier alpha value is -4.37. The smallest absolute Gasteiger partial charge is 0.577 e. The lowest BCUT2D eigenvalue weighted by Crippen LogP contribution is -2.37. The van der Waals surface area contributed by atoms with Crippen molar-refractivity contribution < 1.29 is 11.4 Å². The standard InChI is InChI=1S/C12H10O.2C9H7NO.Al/c13-12-8-6-11(7-9-12)10-4-2-1-3-5-10;2*11-8-5-1-3-7-4-2-6-10-9(7)8;/h1-9,13H;2*1-6,11H;/q;;;+3/p-3. The molecule has 6 aromatic rings. The summed E-state index contributed by atoms with van der Waals surface area (Å²) < 4.78 is 19.2. The molecule has 0 spiro atoms. The Morgan fingerprint density at radius 3 is 1.56 bits per heavy atom. The fourth-order valence-electron chi connectivity index (χ4n) is 4.09. The van der Waals surface area contributed by atoms with Gasteiger partial charge in [-0.1, -0.05) is 78.9 Å². The molecule has 4 aromatic carbocycles. The van der Waals surface area contributed by atoms with Gasteiger partial charge in [-0.05, 0) is 47.5 Å². The largest absolute Gasteiger partial charge is 1.20 e. The highest BCUT2D eigenvalue weighted by atomic mass is 27.3. The van der Waals surface area contributed by atoms with Gasteiger partial charge in [-0.25, -0.2) is 0 Å². The lowest BCUT2D eigenvalue weighted by Gasteiger charge is -2.18. The summed E-state index contributed by atoms with van der Waals surface area (Å²) in [5, 5.41) is 1.98. The average Bonchev–Trinajstić information content (AvgIpc) is 2.94. The van der Waals surface area contributed by atoms with Gasteiger partial charge < -0.3 is 11.4 Å². The van der Waals surface area contributed by atoms with Crippen LogP contribution >= 0.6 is 0 Å². The maximum atomic E-state index is 6.40. The van der Waals surface area contributed by atoms with Crippen molar-refractivity contribution in [1.29, 1.82) is 0 Å². The molecule has 0 fully saturated rings. The second kappa shape index (κ2) is 10.1. The first kappa shape index (κ1) is 22.1. The highest BCUT2D eigenvalue weighted by molar-refractivity contribution is 6.40. The number of fused-ring (bicyclic) bond motifs is 2. The first-order valence-electron chi connectivity index (χ1n) is 11.7. The molecule has 0 N–H and O–H groups in total. The van der Waals surface area contributed by atoms with Gasteiger partial charge in [0.05, 0.1) is 5.75 Å². The van der Waals surface area contributed by atoms with Gasteiger partial charge in [-0.3, -0.25) is 9.97 Å². The first-order valence-corrected chi connectivity index (χ1v) is 13.1. The Morgan fingerprint density at radius 2 is 0.972 bits per heavy atom. The van der Waals surface area contributed by atoms with E-state index >= 15 is 0 Å². The molecule has 0 unspecified atom stereocenters. The van der Waals surface area contributed by atoms with Crippen LogP contribution in [0.25, 0.3) is 32.9 Å². The monoisotopic (exact) mass is 484 g/mol. The van der Waals surface area contributed by atoms with Crippen molar-refractivity contribution >= 4 is 37.0 Å². The first-order chi connectivity index (χ1) is 17.8. The molecule has 0 radical (unpaired) electrons. The Kier molecular flexibility index (Phi) is 6.20. The van der Waals surface area contributed by atoms with Gasteiger partial charge in [-0.15, -0.1) is 0 Å². The molecule has 2 aromatic heterocycles. The van der Waals surface area contributed by atoms with Crippen molar-refractivity contribution in [2.24, 2.45) is 0 Å². The molecule has 172 valence electrons. The second-order valence-corrected chi connectivity index (χ2v) is 9.48. The summed E-state index contributed by atoms with van der Waals surface area (Å²) in [6.07, 6.45) is 3.51. The van der Waals surface area contributed by atoms with Gasteiger partial charge in [-0.2, -0.15) is 0 Å². The predicted octanol–water partition coefficient (Wildman–Crippen LogP) is 6.97. The molecule has 0 aliphatic heterocycles. The normalized spacial score (nSPS) is 10.8. The lowest BCUT2D eigenvalue weighted by atomic mass is 10.1. The van der Waals surface area contributed by atoms with Crippen LogP contribution in [0.4, 0.5) is 0 Å². The number of rotatable bonds is 7. The summed E-state index contributed by atoms with van der Waals surface area (Å²) in [5.74, 6) is 1.92. The van der Waals surface area contributed by atoms with E-state index in [0.717, 1.165) is 32.9 Å². The number of benzene rings is 4. The van der Waals surface area contributed by atoms with Gasteiger partial charge in [0.15, 0.2) is 0 Å². The minimum absolute atomic E-state index is 0.624. The molecular formula is C30H21AlN2O3. The number of pyridine rings is 2. The highest BCUT2D eigenvalue weighted by Gasteiger charge is 2.45. The predicted molar refractivity (Wildman–Crippen MR) is 143 cm³/mol. The van der Waals surface area contributed by atoms with Gasteiger partial charge in [0.25, 0.3) is 0 Å². The number of hydrogen-bond acceptors (Lipinski definition) is 5. The molecule has 0 saturated carbocycles. The Morgan fingerprint density at radius 1 is 0.444 bits per heavy atom. The zero-order chi connectivity index (χ0) is 24.2. The second-order valence-electron chi connectivity index (χ2n) is 8.20. The van der Waals surface area contributed by atoms with Crippen molar-refractivity contribution in [1.82, 2.24) is 9.97 Å². The Bertz CT molecular complexity index is 1530. The summed E-state index contributed by atoms with van der Waals surface area (Å²) in [7, 11) is 0. The van der Waals surface area contributed by atoms with E-state index in [4.69, 9.17) is 11.4 Å². The molecule has 5 nitrogen and oxygen atoms in total. The fraction of sp³-hybridized carbons (Fsp3) is 0. The average molecular weight is 484 g/mol. The maximum Gasteiger partial charge on any atom is 1.20 e. The van der Waals surface area contributed by atoms with Crippen LogP contribution in [0.15, 0.2) is 128 Å². The molecule has 0 aliphatic rings. The van der Waals surface area contributed by atoms with E-state index in [1.807, 2.05) is 103 Å². The Balaban J connectivity index is 1.33. The van der Waals surface area contributed by atoms with Crippen LogP contribution in [0.5, 0.6) is 17.2 Å². The van der Waals surface area contributed by atoms with Gasteiger partial charge >= 0.3 is 15.1 Å². The van der Waals surface area contributed by atoms with Gasteiger partial charge in [0.1, 0.15) is 22.5 Å². The van der Waals surface area contributed by atoms with Crippen LogP contribution in [0.3, 0.4) is 0 Å². The molecule has 0 aliphatic carbocycles. The van der Waals surface area contributed by atoms with Crippen LogP contribution in [-0.2, 0) is 0 Å². The van der Waals surface area contributed by atoms with E-state index in [1.165, 1.54) is 0 Å². The Labute approximate surface area is 214 Å². The summed E-state index contributed by atoms with van der Waals surface area (Å²) >= 11 is -2.80. The van der Waals surface area contributed by atoms with Crippen molar-refractivity contribution in [2.75, 3.05) is 0 Å².